The maximum Gasteiger partial charge on any atom is 0.335 e. The van der Waals surface area contributed by atoms with E-state index in [0.29, 0.717) is 11.1 Å². The van der Waals surface area contributed by atoms with Gasteiger partial charge in [-0.05, 0) is 117 Å². The van der Waals surface area contributed by atoms with Crippen molar-refractivity contribution in [2.75, 3.05) is 14.2 Å². The van der Waals surface area contributed by atoms with Gasteiger partial charge < -0.3 is 29.7 Å². The number of allylic oxidation sites excluding steroid dienone is 3. The van der Waals surface area contributed by atoms with E-state index in [2.05, 4.69) is 86.1 Å². The lowest BCUT2D eigenvalue weighted by Gasteiger charge is -2.33. The first kappa shape index (κ1) is 31.3. The van der Waals surface area contributed by atoms with Crippen molar-refractivity contribution in [3.63, 3.8) is 0 Å². The van der Waals surface area contributed by atoms with Crippen molar-refractivity contribution in [3.05, 3.63) is 101 Å². The van der Waals surface area contributed by atoms with Crippen molar-refractivity contribution in [3.8, 4) is 0 Å². The number of methoxy groups -OCH3 is 2. The second kappa shape index (κ2) is 11.6. The number of esters is 2. The molecule has 3 aromatic heterocycles. The van der Waals surface area contributed by atoms with Crippen LogP contribution in [0.25, 0.3) is 24.3 Å². The molecule has 1 aliphatic carbocycles. The van der Waals surface area contributed by atoms with Crippen LogP contribution in [0.4, 0.5) is 0 Å². The second-order valence-corrected chi connectivity index (χ2v) is 12.5. The molecule has 0 radical (unpaired) electrons. The number of rotatable bonds is 5. The van der Waals surface area contributed by atoms with Gasteiger partial charge in [0.05, 0.1) is 30.8 Å². The first-order chi connectivity index (χ1) is 22.0. The molecule has 3 aromatic rings. The average Bonchev–Trinajstić information content (AvgIpc) is 3.70. The van der Waals surface area contributed by atoms with Crippen molar-refractivity contribution in [1.82, 2.24) is 20.3 Å². The minimum atomic E-state index is -0.994. The van der Waals surface area contributed by atoms with Gasteiger partial charge in [-0.1, -0.05) is 26.8 Å². The molecule has 1 saturated heterocycles. The highest BCUT2D eigenvalue weighted by Gasteiger charge is 2.51. The van der Waals surface area contributed by atoms with E-state index in [1.54, 1.807) is 0 Å². The van der Waals surface area contributed by atoms with Crippen LogP contribution in [0.3, 0.4) is 0 Å². The Morgan fingerprint density at radius 3 is 1.87 bits per heavy atom. The summed E-state index contributed by atoms with van der Waals surface area (Å²) >= 11 is 0. The molecule has 0 amide bonds. The lowest BCUT2D eigenvalue weighted by molar-refractivity contribution is -0.140. The van der Waals surface area contributed by atoms with Crippen molar-refractivity contribution in [2.24, 2.45) is 5.41 Å². The predicted octanol–water partition coefficient (Wildman–Crippen LogP) is 5.22. The summed E-state index contributed by atoms with van der Waals surface area (Å²) in [5.74, 6) is -1.08. The molecule has 8 nitrogen and oxygen atoms in total. The molecule has 8 bridgehead atoms. The first-order valence-electron chi connectivity index (χ1n) is 16.2. The highest BCUT2D eigenvalue weighted by atomic mass is 16.5. The Morgan fingerprint density at radius 2 is 1.28 bits per heavy atom. The summed E-state index contributed by atoms with van der Waals surface area (Å²) in [4.78, 5) is 37.8. The number of aromatic amines is 3. The third kappa shape index (κ3) is 4.57. The highest BCUT2D eigenvalue weighted by Crippen LogP contribution is 2.54. The molecule has 240 valence electrons. The van der Waals surface area contributed by atoms with Crippen molar-refractivity contribution in [1.29, 1.82) is 0 Å². The van der Waals surface area contributed by atoms with E-state index < -0.39 is 17.4 Å². The molecule has 46 heavy (non-hydrogen) atoms. The summed E-state index contributed by atoms with van der Waals surface area (Å²) < 4.78 is 10.5. The highest BCUT2D eigenvalue weighted by molar-refractivity contribution is 6.04. The zero-order valence-corrected chi connectivity index (χ0v) is 28.3. The molecule has 0 saturated carbocycles. The van der Waals surface area contributed by atoms with Gasteiger partial charge >= 0.3 is 11.9 Å². The van der Waals surface area contributed by atoms with Gasteiger partial charge in [0.15, 0.2) is 0 Å². The summed E-state index contributed by atoms with van der Waals surface area (Å²) in [5.41, 5.74) is 13.5. The monoisotopic (exact) mass is 620 g/mol. The van der Waals surface area contributed by atoms with Crippen LogP contribution in [0.5, 0.6) is 0 Å². The fourth-order valence-corrected chi connectivity index (χ4v) is 7.76. The Balaban J connectivity index is 1.74. The number of carbonyl (C=O) groups is 2. The quantitative estimate of drug-likeness (QED) is 0.293. The Labute approximate surface area is 270 Å². The van der Waals surface area contributed by atoms with Crippen LogP contribution in [-0.2, 0) is 38.3 Å². The van der Waals surface area contributed by atoms with Crippen LogP contribution in [0.1, 0.15) is 90.3 Å². The molecule has 6 rings (SSSR count). The molecular formula is C38H44N4O4. The molecular weight excluding hydrogens is 576 g/mol. The Kier molecular flexibility index (Phi) is 7.87. The van der Waals surface area contributed by atoms with Gasteiger partial charge in [-0.2, -0.15) is 0 Å². The minimum absolute atomic E-state index is 0.256. The van der Waals surface area contributed by atoms with E-state index in [0.717, 1.165) is 69.7 Å². The Morgan fingerprint density at radius 1 is 0.717 bits per heavy atom. The van der Waals surface area contributed by atoms with Crippen LogP contribution < -0.4 is 16.0 Å². The van der Waals surface area contributed by atoms with Gasteiger partial charge in [-0.25, -0.2) is 9.59 Å². The summed E-state index contributed by atoms with van der Waals surface area (Å²) in [6.45, 7) is 15.0. The van der Waals surface area contributed by atoms with Gasteiger partial charge in [-0.3, -0.25) is 0 Å². The zero-order valence-electron chi connectivity index (χ0n) is 28.3. The van der Waals surface area contributed by atoms with Gasteiger partial charge in [0.1, 0.15) is 0 Å². The summed E-state index contributed by atoms with van der Waals surface area (Å²) in [7, 11) is 2.69. The number of fused-ring (bicyclic) bond motifs is 11. The molecule has 1 atom stereocenters. The third-order valence-corrected chi connectivity index (χ3v) is 10.3. The van der Waals surface area contributed by atoms with Crippen molar-refractivity contribution < 1.29 is 19.1 Å². The number of H-pyrrole nitrogens is 3. The number of hydrogen-bond acceptors (Lipinski definition) is 5. The largest absolute Gasteiger partial charge is 0.466 e. The maximum atomic E-state index is 13.6. The van der Waals surface area contributed by atoms with E-state index >= 15 is 0 Å². The zero-order chi connectivity index (χ0) is 33.1. The topological polar surface area (TPSA) is 112 Å². The van der Waals surface area contributed by atoms with E-state index in [9.17, 15) is 9.59 Å². The van der Waals surface area contributed by atoms with Gasteiger partial charge in [0, 0.05) is 44.9 Å². The molecule has 8 heteroatoms. The van der Waals surface area contributed by atoms with E-state index in [-0.39, 0.29) is 6.42 Å². The first-order valence-corrected chi connectivity index (χ1v) is 16.2. The summed E-state index contributed by atoms with van der Waals surface area (Å²) in [5, 5.41) is 5.88. The summed E-state index contributed by atoms with van der Waals surface area (Å²) in [6.07, 6.45) is 13.6. The number of carbonyl (C=O) groups excluding carboxylic acids is 2. The molecule has 0 aromatic carbocycles. The lowest BCUT2D eigenvalue weighted by Crippen LogP contribution is -2.33. The molecule has 3 aliphatic rings. The van der Waals surface area contributed by atoms with Gasteiger partial charge in [0.2, 0.25) is 0 Å². The maximum absolute atomic E-state index is 13.6. The molecule has 0 spiro atoms. The standard InChI is InChI=1S/C38H44N4O4/c1-10-22-19(4)27-15-31-23(11-2)20(5)29(40-31)17-33-26-14-13-25(36(43)45-8)35(37(44)46-9)38(26,7)34(42-33)18-32-24(12-3)21(6)28(41-32)16-30(22)39-27/h14-18,39-42H,10-13H2,1-9H3. The van der Waals surface area contributed by atoms with Crippen LogP contribution in [0.15, 0.2) is 34.2 Å². The summed E-state index contributed by atoms with van der Waals surface area (Å²) in [6, 6.07) is 0. The fraction of sp³-hybridized carbons (Fsp3) is 0.368. The lowest BCUT2D eigenvalue weighted by atomic mass is 9.68. The molecule has 4 N–H and O–H groups in total. The number of ether oxygens (including phenoxy) is 2. The van der Waals surface area contributed by atoms with E-state index in [4.69, 9.17) is 9.47 Å². The predicted molar refractivity (Wildman–Crippen MR) is 182 cm³/mol. The molecule has 1 unspecified atom stereocenters. The SMILES string of the molecule is CCc1c2[nH]c(c1C)C=c1[nH]c(c(C)c1CC)=Cc1[nH]c(c(C)c1CC)C=C1NC(=C2)C2(C)C1=CCC(C(=O)OC)=C2C(=O)OC. The normalized spacial score (nSPS) is 18.5. The van der Waals surface area contributed by atoms with Crippen LogP contribution in [-0.4, -0.2) is 41.1 Å². The fourth-order valence-electron chi connectivity index (χ4n) is 7.76. The number of aromatic nitrogens is 3. The van der Waals surface area contributed by atoms with Gasteiger partial charge in [0.25, 0.3) is 0 Å². The van der Waals surface area contributed by atoms with Crippen LogP contribution >= 0.6 is 0 Å². The number of nitrogens with one attached hydrogen (secondary N) is 4. The number of hydrogen-bond donors (Lipinski definition) is 4. The van der Waals surface area contributed by atoms with Crippen LogP contribution in [0, 0.1) is 26.2 Å². The molecule has 1 fully saturated rings. The van der Waals surface area contributed by atoms with Gasteiger partial charge in [-0.15, -0.1) is 0 Å². The van der Waals surface area contributed by atoms with Crippen molar-refractivity contribution >= 4 is 36.2 Å². The minimum Gasteiger partial charge on any atom is -0.466 e. The Bertz CT molecular complexity index is 2060. The van der Waals surface area contributed by atoms with E-state index in [1.165, 1.54) is 47.6 Å². The van der Waals surface area contributed by atoms with Crippen LogP contribution in [0.2, 0.25) is 0 Å². The van der Waals surface area contributed by atoms with E-state index in [1.807, 2.05) is 13.0 Å². The average molecular weight is 621 g/mol. The Hall–Kier alpha value is -4.72. The van der Waals surface area contributed by atoms with Crippen molar-refractivity contribution in [2.45, 2.75) is 74.1 Å². The third-order valence-electron chi connectivity index (χ3n) is 10.3. The second-order valence-electron chi connectivity index (χ2n) is 12.5. The molecule has 5 heterocycles. The molecule has 2 aliphatic heterocycles. The smallest absolute Gasteiger partial charge is 0.335 e.